The molecule has 7 atom stereocenters. The molecule has 1 aromatic heterocycles. The predicted molar refractivity (Wildman–Crippen MR) is 149 cm³/mol. The topological polar surface area (TPSA) is 107 Å². The SMILES string of the molecule is CC12CCC(=O)C=C1CCC1C2C(O)CC2(C)C1CC[C@]2(OC(=O)C1CC1)C(=O)CSc1nc2ccccc2o1. The van der Waals surface area contributed by atoms with Crippen molar-refractivity contribution in [2.45, 2.75) is 88.6 Å². The van der Waals surface area contributed by atoms with Crippen molar-refractivity contribution in [1.29, 1.82) is 0 Å². The Morgan fingerprint density at radius 1 is 1.12 bits per heavy atom. The smallest absolute Gasteiger partial charge is 0.309 e. The molecule has 1 N–H and O–H groups in total. The summed E-state index contributed by atoms with van der Waals surface area (Å²) in [5.74, 6) is 0.169. The number of hydrogen-bond acceptors (Lipinski definition) is 8. The number of thioether (sulfide) groups is 1. The summed E-state index contributed by atoms with van der Waals surface area (Å²) >= 11 is 1.25. The number of ketones is 2. The van der Waals surface area contributed by atoms with E-state index in [1.165, 1.54) is 17.3 Å². The largest absolute Gasteiger partial charge is 0.450 e. The Labute approximate surface area is 238 Å². The molecule has 0 amide bonds. The van der Waals surface area contributed by atoms with E-state index in [-0.39, 0.29) is 52.4 Å². The molecule has 4 fully saturated rings. The zero-order valence-electron chi connectivity index (χ0n) is 23.2. The van der Waals surface area contributed by atoms with Crippen LogP contribution in [0.5, 0.6) is 0 Å². The number of rotatable bonds is 6. The van der Waals surface area contributed by atoms with Gasteiger partial charge in [0.1, 0.15) is 5.52 Å². The molecule has 2 aromatic rings. The van der Waals surface area contributed by atoms with Gasteiger partial charge in [-0.15, -0.1) is 0 Å². The number of allylic oxidation sites excluding steroid dienone is 1. The molecule has 5 aliphatic rings. The molecule has 0 spiro atoms. The van der Waals surface area contributed by atoms with Gasteiger partial charge in [-0.05, 0) is 92.7 Å². The highest BCUT2D eigenvalue weighted by Crippen LogP contribution is 2.68. The number of carbonyl (C=O) groups is 3. The molecule has 5 aliphatic carbocycles. The monoisotopic (exact) mass is 563 g/mol. The maximum atomic E-state index is 14.3. The second kappa shape index (κ2) is 9.28. The number of oxazole rings is 1. The number of aliphatic hydroxyl groups excluding tert-OH is 1. The fourth-order valence-corrected chi connectivity index (χ4v) is 9.89. The Kier molecular flexibility index (Phi) is 6.14. The average molecular weight is 564 g/mol. The molecule has 8 heteroatoms. The molecule has 1 aromatic carbocycles. The number of aromatic nitrogens is 1. The number of carbonyl (C=O) groups excluding carboxylic acids is 3. The van der Waals surface area contributed by atoms with E-state index < -0.39 is 17.1 Å². The number of ether oxygens (including phenoxy) is 1. The van der Waals surface area contributed by atoms with Gasteiger partial charge in [0, 0.05) is 11.8 Å². The molecule has 0 aliphatic heterocycles. The van der Waals surface area contributed by atoms with Gasteiger partial charge in [-0.3, -0.25) is 14.4 Å². The Morgan fingerprint density at radius 2 is 1.93 bits per heavy atom. The van der Waals surface area contributed by atoms with Crippen LogP contribution in [0.15, 0.2) is 45.6 Å². The van der Waals surface area contributed by atoms with E-state index in [1.807, 2.05) is 30.3 Å². The molecule has 0 bridgehead atoms. The number of fused-ring (bicyclic) bond motifs is 6. The van der Waals surface area contributed by atoms with Gasteiger partial charge in [-0.2, -0.15) is 0 Å². The molecule has 7 rings (SSSR count). The summed E-state index contributed by atoms with van der Waals surface area (Å²) in [7, 11) is 0. The fourth-order valence-electron chi connectivity index (χ4n) is 9.09. The van der Waals surface area contributed by atoms with Crippen LogP contribution in [0.3, 0.4) is 0 Å². The third kappa shape index (κ3) is 3.88. The summed E-state index contributed by atoms with van der Waals surface area (Å²) in [5.41, 5.74) is 0.444. The van der Waals surface area contributed by atoms with Crippen molar-refractivity contribution < 1.29 is 28.6 Å². The van der Waals surface area contributed by atoms with Crippen LogP contribution in [-0.4, -0.2) is 45.1 Å². The van der Waals surface area contributed by atoms with Gasteiger partial charge >= 0.3 is 5.97 Å². The quantitative estimate of drug-likeness (QED) is 0.353. The first kappa shape index (κ1) is 26.4. The molecule has 1 heterocycles. The van der Waals surface area contributed by atoms with Gasteiger partial charge in [0.15, 0.2) is 22.8 Å². The lowest BCUT2D eigenvalue weighted by Gasteiger charge is -2.60. The van der Waals surface area contributed by atoms with Crippen LogP contribution in [0.2, 0.25) is 0 Å². The highest BCUT2D eigenvalue weighted by molar-refractivity contribution is 7.99. The fraction of sp³-hybridized carbons (Fsp3) is 0.625. The zero-order chi connectivity index (χ0) is 27.9. The Morgan fingerprint density at radius 3 is 2.70 bits per heavy atom. The van der Waals surface area contributed by atoms with Gasteiger partial charge < -0.3 is 14.3 Å². The van der Waals surface area contributed by atoms with E-state index in [0.29, 0.717) is 30.1 Å². The third-order valence-corrected chi connectivity index (χ3v) is 12.1. The number of hydrogen-bond donors (Lipinski definition) is 1. The first-order valence-electron chi connectivity index (χ1n) is 14.8. The Balaban J connectivity index is 1.20. The van der Waals surface area contributed by atoms with Crippen LogP contribution in [0.1, 0.15) is 71.6 Å². The van der Waals surface area contributed by atoms with Crippen molar-refractivity contribution in [3.63, 3.8) is 0 Å². The lowest BCUT2D eigenvalue weighted by Crippen LogP contribution is -2.63. The Bertz CT molecular complexity index is 1390. The number of aliphatic hydroxyl groups is 1. The van der Waals surface area contributed by atoms with E-state index in [4.69, 9.17) is 9.15 Å². The molecule has 7 nitrogen and oxygen atoms in total. The van der Waals surface area contributed by atoms with Gasteiger partial charge in [0.25, 0.3) is 5.22 Å². The highest BCUT2D eigenvalue weighted by atomic mass is 32.2. The van der Waals surface area contributed by atoms with E-state index in [9.17, 15) is 19.5 Å². The molecule has 212 valence electrons. The number of esters is 1. The zero-order valence-corrected chi connectivity index (χ0v) is 24.0. The molecule has 0 saturated heterocycles. The maximum Gasteiger partial charge on any atom is 0.309 e. The predicted octanol–water partition coefficient (Wildman–Crippen LogP) is 5.68. The van der Waals surface area contributed by atoms with Crippen molar-refractivity contribution >= 4 is 40.4 Å². The van der Waals surface area contributed by atoms with Crippen LogP contribution in [0.25, 0.3) is 11.1 Å². The van der Waals surface area contributed by atoms with Crippen molar-refractivity contribution in [1.82, 2.24) is 4.98 Å². The van der Waals surface area contributed by atoms with Crippen LogP contribution in [0.4, 0.5) is 0 Å². The third-order valence-electron chi connectivity index (χ3n) is 11.3. The minimum Gasteiger partial charge on any atom is -0.450 e. The lowest BCUT2D eigenvalue weighted by atomic mass is 9.45. The minimum atomic E-state index is -1.28. The van der Waals surface area contributed by atoms with Gasteiger partial charge in [0.2, 0.25) is 0 Å². The molecule has 40 heavy (non-hydrogen) atoms. The van der Waals surface area contributed by atoms with Crippen LogP contribution < -0.4 is 0 Å². The van der Waals surface area contributed by atoms with E-state index >= 15 is 0 Å². The summed E-state index contributed by atoms with van der Waals surface area (Å²) < 4.78 is 12.2. The molecule has 6 unspecified atom stereocenters. The van der Waals surface area contributed by atoms with Crippen molar-refractivity contribution in [3.05, 3.63) is 35.9 Å². The second-order valence-electron chi connectivity index (χ2n) is 13.3. The standard InChI is InChI=1S/C32H37NO6S/c1-30-13-11-20(34)15-19(30)9-10-21-22-12-14-32(39-28(37)18-7-8-18,31(22,2)16-24(35)27(21)30)26(36)17-40-29-33-23-5-3-4-6-25(23)38-29/h3-6,15,18,21-22,24,27,35H,7-14,16-17H2,1-2H3/t21?,22?,24?,27?,30?,31?,32-/m0/s1. The maximum absolute atomic E-state index is 14.3. The number of Topliss-reactive ketones (excluding diaryl/α,β-unsaturated/α-hetero) is 1. The van der Waals surface area contributed by atoms with E-state index in [0.717, 1.165) is 44.0 Å². The first-order valence-corrected chi connectivity index (χ1v) is 15.8. The first-order chi connectivity index (χ1) is 19.1. The summed E-state index contributed by atoms with van der Waals surface area (Å²) in [5, 5.41) is 12.3. The molecule has 4 saturated carbocycles. The lowest BCUT2D eigenvalue weighted by molar-refractivity contribution is -0.200. The average Bonchev–Trinajstić information content (AvgIpc) is 3.63. The molecular formula is C32H37NO6S. The minimum absolute atomic E-state index is 0.0397. The number of para-hydroxylation sites is 2. The summed E-state index contributed by atoms with van der Waals surface area (Å²) in [6.45, 7) is 4.32. The van der Waals surface area contributed by atoms with Crippen LogP contribution in [-0.2, 0) is 19.1 Å². The molecular weight excluding hydrogens is 526 g/mol. The second-order valence-corrected chi connectivity index (χ2v) is 14.2. The normalized spacial score (nSPS) is 38.8. The van der Waals surface area contributed by atoms with E-state index in [2.05, 4.69) is 18.8 Å². The summed E-state index contributed by atoms with van der Waals surface area (Å²) in [4.78, 5) is 44.2. The number of nitrogens with zero attached hydrogens (tertiary/aromatic N) is 1. The van der Waals surface area contributed by atoms with Crippen molar-refractivity contribution in [3.8, 4) is 0 Å². The van der Waals surface area contributed by atoms with Crippen LogP contribution >= 0.6 is 11.8 Å². The number of benzene rings is 1. The van der Waals surface area contributed by atoms with Crippen molar-refractivity contribution in [2.75, 3.05) is 5.75 Å². The summed E-state index contributed by atoms with van der Waals surface area (Å²) in [6, 6.07) is 7.51. The van der Waals surface area contributed by atoms with Crippen LogP contribution in [0, 0.1) is 34.5 Å². The van der Waals surface area contributed by atoms with Crippen molar-refractivity contribution in [2.24, 2.45) is 34.5 Å². The van der Waals surface area contributed by atoms with Gasteiger partial charge in [-0.25, -0.2) is 4.98 Å². The highest BCUT2D eigenvalue weighted by Gasteiger charge is 2.70. The van der Waals surface area contributed by atoms with Gasteiger partial charge in [-0.1, -0.05) is 43.3 Å². The Hall–Kier alpha value is -2.45. The summed E-state index contributed by atoms with van der Waals surface area (Å²) in [6.07, 6.45) is 7.50. The van der Waals surface area contributed by atoms with Gasteiger partial charge in [0.05, 0.1) is 17.8 Å². The molecule has 0 radical (unpaired) electrons. The van der Waals surface area contributed by atoms with E-state index in [1.54, 1.807) is 0 Å².